The van der Waals surface area contributed by atoms with Crippen molar-refractivity contribution in [2.75, 3.05) is 11.9 Å². The van der Waals surface area contributed by atoms with Crippen molar-refractivity contribution < 1.29 is 4.74 Å². The standard InChI is InChI=1S/C15H12BrN3OSe/c16-9-4-5-14-10(8-9)11(6-7-20-14)17-12-2-1-3-13-15(12)19-21-18-13/h1-5,8,11,17H,6-7H2. The second-order valence-corrected chi connectivity index (χ2v) is 6.98. The molecule has 6 heteroatoms. The molecular formula is C15H12BrN3OSe. The van der Waals surface area contributed by atoms with Crippen LogP contribution in [0.4, 0.5) is 5.69 Å². The average Bonchev–Trinajstić information content (AvgIpc) is 2.97. The van der Waals surface area contributed by atoms with E-state index in [1.54, 1.807) is 0 Å². The predicted octanol–water partition coefficient (Wildman–Crippen LogP) is 3.39. The zero-order valence-electron chi connectivity index (χ0n) is 11.0. The Bertz CT molecular complexity index is 804. The molecule has 0 bridgehead atoms. The molecule has 0 radical (unpaired) electrons. The Labute approximate surface area is 136 Å². The van der Waals surface area contributed by atoms with Crippen LogP contribution in [0.15, 0.2) is 40.9 Å². The van der Waals surface area contributed by atoms with E-state index in [-0.39, 0.29) is 21.0 Å². The number of nitrogens with zero attached hydrogens (tertiary/aromatic N) is 2. The van der Waals surface area contributed by atoms with Crippen LogP contribution in [0.1, 0.15) is 18.0 Å². The first-order chi connectivity index (χ1) is 10.3. The van der Waals surface area contributed by atoms with Gasteiger partial charge in [-0.25, -0.2) is 0 Å². The van der Waals surface area contributed by atoms with E-state index in [2.05, 4.69) is 41.3 Å². The van der Waals surface area contributed by atoms with E-state index < -0.39 is 0 Å². The molecular weight excluding hydrogens is 397 g/mol. The molecule has 21 heavy (non-hydrogen) atoms. The van der Waals surface area contributed by atoms with E-state index in [1.807, 2.05) is 24.3 Å². The Kier molecular flexibility index (Phi) is 3.45. The van der Waals surface area contributed by atoms with Crippen LogP contribution in [0.5, 0.6) is 5.75 Å². The van der Waals surface area contributed by atoms with Gasteiger partial charge in [-0.15, -0.1) is 0 Å². The number of fused-ring (bicyclic) bond motifs is 2. The maximum absolute atomic E-state index is 5.74. The molecule has 1 N–H and O–H groups in total. The average molecular weight is 409 g/mol. The fraction of sp³-hybridized carbons (Fsp3) is 0.200. The van der Waals surface area contributed by atoms with Crippen molar-refractivity contribution in [3.63, 3.8) is 0 Å². The molecule has 2 aromatic carbocycles. The van der Waals surface area contributed by atoms with Crippen LogP contribution in [-0.4, -0.2) is 29.5 Å². The van der Waals surface area contributed by atoms with E-state index in [9.17, 15) is 0 Å². The molecule has 1 aromatic heterocycles. The molecule has 2 heterocycles. The summed E-state index contributed by atoms with van der Waals surface area (Å²) >= 11 is 3.54. The first kappa shape index (κ1) is 13.3. The van der Waals surface area contributed by atoms with Crippen LogP contribution in [0.25, 0.3) is 11.0 Å². The monoisotopic (exact) mass is 409 g/mol. The summed E-state index contributed by atoms with van der Waals surface area (Å²) in [6.07, 6.45) is 0.940. The van der Waals surface area contributed by atoms with Gasteiger partial charge in [-0.2, -0.15) is 0 Å². The SMILES string of the molecule is Brc1ccc2c(c1)C(Nc1cccc3n[se]nc13)CCO2. The normalized spacial score (nSPS) is 17.3. The number of hydrogen-bond donors (Lipinski definition) is 1. The molecule has 1 aliphatic rings. The van der Waals surface area contributed by atoms with Crippen molar-refractivity contribution in [3.05, 3.63) is 46.4 Å². The summed E-state index contributed by atoms with van der Waals surface area (Å²) in [5, 5.41) is 3.62. The van der Waals surface area contributed by atoms with E-state index >= 15 is 0 Å². The molecule has 0 spiro atoms. The Morgan fingerprint density at radius 1 is 1.24 bits per heavy atom. The first-order valence-corrected chi connectivity index (χ1v) is 9.04. The van der Waals surface area contributed by atoms with Crippen LogP contribution >= 0.6 is 15.9 Å². The minimum atomic E-state index is -0.00325. The van der Waals surface area contributed by atoms with Gasteiger partial charge < -0.3 is 0 Å². The fourth-order valence-corrected chi connectivity index (χ4v) is 4.16. The minimum absolute atomic E-state index is 0.00325. The summed E-state index contributed by atoms with van der Waals surface area (Å²) in [4.78, 5) is 0. The van der Waals surface area contributed by atoms with Crippen molar-refractivity contribution in [1.82, 2.24) is 7.96 Å². The third-order valence-corrected chi connectivity index (χ3v) is 5.26. The number of ether oxygens (including phenoxy) is 1. The maximum atomic E-state index is 5.74. The number of benzene rings is 2. The summed E-state index contributed by atoms with van der Waals surface area (Å²) < 4.78 is 15.8. The van der Waals surface area contributed by atoms with Gasteiger partial charge in [0.05, 0.1) is 0 Å². The number of anilines is 1. The molecule has 4 rings (SSSR count). The molecule has 106 valence electrons. The number of halogens is 1. The van der Waals surface area contributed by atoms with Gasteiger partial charge in [0, 0.05) is 0 Å². The summed E-state index contributed by atoms with van der Waals surface area (Å²) in [7, 11) is 0. The van der Waals surface area contributed by atoms with Crippen molar-refractivity contribution >= 4 is 47.6 Å². The van der Waals surface area contributed by atoms with E-state index in [4.69, 9.17) is 4.74 Å². The zero-order chi connectivity index (χ0) is 14.2. The zero-order valence-corrected chi connectivity index (χ0v) is 14.3. The molecule has 1 aliphatic heterocycles. The van der Waals surface area contributed by atoms with Crippen LogP contribution in [0.2, 0.25) is 0 Å². The Balaban J connectivity index is 1.73. The number of hydrogen-bond acceptors (Lipinski definition) is 4. The number of rotatable bonds is 2. The summed E-state index contributed by atoms with van der Waals surface area (Å²) in [5.74, 6) is 0.959. The number of aromatic nitrogens is 2. The summed E-state index contributed by atoms with van der Waals surface area (Å²) in [6, 6.07) is 12.5. The van der Waals surface area contributed by atoms with Crippen molar-refractivity contribution in [1.29, 1.82) is 0 Å². The molecule has 0 aliphatic carbocycles. The van der Waals surface area contributed by atoms with Gasteiger partial charge in [0.15, 0.2) is 0 Å². The van der Waals surface area contributed by atoms with E-state index in [1.165, 1.54) is 5.56 Å². The third-order valence-electron chi connectivity index (χ3n) is 3.63. The van der Waals surface area contributed by atoms with Gasteiger partial charge >= 0.3 is 137 Å². The van der Waals surface area contributed by atoms with Gasteiger partial charge in [0.1, 0.15) is 0 Å². The fourth-order valence-electron chi connectivity index (χ4n) is 2.63. The topological polar surface area (TPSA) is 47.0 Å². The van der Waals surface area contributed by atoms with Crippen molar-refractivity contribution in [3.8, 4) is 5.75 Å². The molecule has 0 amide bonds. The van der Waals surface area contributed by atoms with Crippen LogP contribution in [0, 0.1) is 0 Å². The van der Waals surface area contributed by atoms with Crippen molar-refractivity contribution in [2.24, 2.45) is 0 Å². The molecule has 0 saturated carbocycles. The van der Waals surface area contributed by atoms with Crippen molar-refractivity contribution in [2.45, 2.75) is 12.5 Å². The first-order valence-electron chi connectivity index (χ1n) is 6.71. The van der Waals surface area contributed by atoms with Crippen LogP contribution in [-0.2, 0) is 0 Å². The van der Waals surface area contributed by atoms with Gasteiger partial charge in [-0.3, -0.25) is 0 Å². The third kappa shape index (κ3) is 2.48. The summed E-state index contributed by atoms with van der Waals surface area (Å²) in [5.41, 5.74) is 4.25. The summed E-state index contributed by atoms with van der Waals surface area (Å²) in [6.45, 7) is 0.729. The molecule has 1 unspecified atom stereocenters. The molecule has 1 atom stereocenters. The van der Waals surface area contributed by atoms with Crippen LogP contribution < -0.4 is 10.1 Å². The molecule has 0 saturated heterocycles. The number of nitrogens with one attached hydrogen (secondary N) is 1. The van der Waals surface area contributed by atoms with E-state index in [0.29, 0.717) is 0 Å². The Morgan fingerprint density at radius 3 is 3.14 bits per heavy atom. The predicted molar refractivity (Wildman–Crippen MR) is 87.1 cm³/mol. The molecule has 0 fully saturated rings. The van der Waals surface area contributed by atoms with E-state index in [0.717, 1.165) is 40.0 Å². The van der Waals surface area contributed by atoms with Gasteiger partial charge in [-0.1, -0.05) is 0 Å². The van der Waals surface area contributed by atoms with Gasteiger partial charge in [-0.05, 0) is 0 Å². The van der Waals surface area contributed by atoms with Gasteiger partial charge in [0.25, 0.3) is 0 Å². The van der Waals surface area contributed by atoms with Crippen LogP contribution in [0.3, 0.4) is 0 Å². The molecule has 4 nitrogen and oxygen atoms in total. The van der Waals surface area contributed by atoms with Gasteiger partial charge in [0.2, 0.25) is 0 Å². The second kappa shape index (κ2) is 5.44. The second-order valence-electron chi connectivity index (χ2n) is 4.95. The quantitative estimate of drug-likeness (QED) is 0.660. The molecule has 3 aromatic rings. The Morgan fingerprint density at radius 2 is 2.19 bits per heavy atom. The Hall–Kier alpha value is -1.36.